The molecule has 0 aliphatic carbocycles. The van der Waals surface area contributed by atoms with E-state index in [-0.39, 0.29) is 5.91 Å². The van der Waals surface area contributed by atoms with E-state index >= 15 is 0 Å². The van der Waals surface area contributed by atoms with Crippen LogP contribution in [0.25, 0.3) is 0 Å². The molecule has 24 heavy (non-hydrogen) atoms. The quantitative estimate of drug-likeness (QED) is 0.918. The minimum atomic E-state index is -0.729. The van der Waals surface area contributed by atoms with Crippen molar-refractivity contribution in [2.45, 2.75) is 19.1 Å². The van der Waals surface area contributed by atoms with Crippen molar-refractivity contribution in [1.29, 1.82) is 0 Å². The van der Waals surface area contributed by atoms with Gasteiger partial charge in [0, 0.05) is 11.8 Å². The molecule has 0 radical (unpaired) electrons. The highest BCUT2D eigenvalue weighted by molar-refractivity contribution is 5.95. The summed E-state index contributed by atoms with van der Waals surface area (Å²) >= 11 is 0. The van der Waals surface area contributed by atoms with Crippen molar-refractivity contribution < 1.29 is 23.7 Å². The second-order valence-corrected chi connectivity index (χ2v) is 5.66. The van der Waals surface area contributed by atoms with E-state index < -0.39 is 12.2 Å². The van der Waals surface area contributed by atoms with Crippen LogP contribution in [-0.4, -0.2) is 31.3 Å². The molecule has 1 N–H and O–H groups in total. The van der Waals surface area contributed by atoms with Gasteiger partial charge in [0.1, 0.15) is 19.3 Å². The Kier molecular flexibility index (Phi) is 3.65. The number of amides is 1. The average Bonchev–Trinajstić information content (AvgIpc) is 2.61. The monoisotopic (exact) mass is 327 g/mol. The Morgan fingerprint density at radius 1 is 0.958 bits per heavy atom. The van der Waals surface area contributed by atoms with Crippen molar-refractivity contribution in [1.82, 2.24) is 0 Å². The standard InChI is InChI=1S/C18H17NO5/c1-11-17(24-15-5-3-2-4-14(15)23-11)18(20)19-12-6-7-13-16(10-12)22-9-8-21-13/h2-7,10-11,17H,8-9H2,1H3,(H,19,20). The zero-order valence-corrected chi connectivity index (χ0v) is 13.2. The molecule has 0 fully saturated rings. The number of para-hydroxylation sites is 2. The van der Waals surface area contributed by atoms with Gasteiger partial charge in [-0.05, 0) is 31.2 Å². The molecule has 2 aromatic rings. The first kappa shape index (κ1) is 14.7. The van der Waals surface area contributed by atoms with Gasteiger partial charge in [-0.1, -0.05) is 12.1 Å². The summed E-state index contributed by atoms with van der Waals surface area (Å²) in [5.74, 6) is 2.25. The summed E-state index contributed by atoms with van der Waals surface area (Å²) in [7, 11) is 0. The van der Waals surface area contributed by atoms with Crippen molar-refractivity contribution in [2.75, 3.05) is 18.5 Å². The molecule has 2 heterocycles. The molecule has 0 bridgehead atoms. The molecule has 124 valence electrons. The third kappa shape index (κ3) is 2.71. The fourth-order valence-electron chi connectivity index (χ4n) is 2.74. The van der Waals surface area contributed by atoms with Gasteiger partial charge in [-0.3, -0.25) is 4.79 Å². The molecule has 4 rings (SSSR count). The van der Waals surface area contributed by atoms with Crippen LogP contribution in [0.4, 0.5) is 5.69 Å². The molecule has 0 aromatic heterocycles. The van der Waals surface area contributed by atoms with E-state index in [0.29, 0.717) is 41.9 Å². The minimum absolute atomic E-state index is 0.270. The molecular weight excluding hydrogens is 310 g/mol. The molecule has 2 atom stereocenters. The first-order valence-electron chi connectivity index (χ1n) is 7.83. The molecular formula is C18H17NO5. The number of carbonyl (C=O) groups excluding carboxylic acids is 1. The molecule has 0 saturated heterocycles. The number of nitrogens with one attached hydrogen (secondary N) is 1. The van der Waals surface area contributed by atoms with E-state index in [2.05, 4.69) is 5.32 Å². The van der Waals surface area contributed by atoms with Crippen LogP contribution >= 0.6 is 0 Å². The Labute approximate surface area is 139 Å². The molecule has 2 unspecified atom stereocenters. The summed E-state index contributed by atoms with van der Waals surface area (Å²) in [6.07, 6.45) is -1.12. The van der Waals surface area contributed by atoms with Gasteiger partial charge in [-0.25, -0.2) is 0 Å². The number of hydrogen-bond acceptors (Lipinski definition) is 5. The number of carbonyl (C=O) groups is 1. The first-order valence-corrected chi connectivity index (χ1v) is 7.83. The zero-order chi connectivity index (χ0) is 16.5. The van der Waals surface area contributed by atoms with Gasteiger partial charge in [0.15, 0.2) is 23.0 Å². The summed E-state index contributed by atoms with van der Waals surface area (Å²) < 4.78 is 22.6. The summed E-state index contributed by atoms with van der Waals surface area (Å²) in [6.45, 7) is 2.84. The minimum Gasteiger partial charge on any atom is -0.486 e. The number of rotatable bonds is 2. The van der Waals surface area contributed by atoms with Crippen LogP contribution in [0.3, 0.4) is 0 Å². The normalized spacial score (nSPS) is 21.0. The summed E-state index contributed by atoms with van der Waals surface area (Å²) in [5, 5.41) is 2.84. The highest BCUT2D eigenvalue weighted by Gasteiger charge is 2.34. The van der Waals surface area contributed by atoms with Gasteiger partial charge < -0.3 is 24.3 Å². The number of hydrogen-bond donors (Lipinski definition) is 1. The van der Waals surface area contributed by atoms with Crippen LogP contribution < -0.4 is 24.3 Å². The third-order valence-corrected chi connectivity index (χ3v) is 3.91. The molecule has 0 saturated carbocycles. The maximum Gasteiger partial charge on any atom is 0.269 e. The van der Waals surface area contributed by atoms with Gasteiger partial charge in [0.2, 0.25) is 6.10 Å². The maximum atomic E-state index is 12.6. The molecule has 6 nitrogen and oxygen atoms in total. The lowest BCUT2D eigenvalue weighted by Crippen LogP contribution is -2.46. The maximum absolute atomic E-state index is 12.6. The molecule has 0 spiro atoms. The predicted molar refractivity (Wildman–Crippen MR) is 87.0 cm³/mol. The van der Waals surface area contributed by atoms with E-state index in [9.17, 15) is 4.79 Å². The lowest BCUT2D eigenvalue weighted by Gasteiger charge is -2.31. The second-order valence-electron chi connectivity index (χ2n) is 5.66. The Morgan fingerprint density at radius 2 is 1.67 bits per heavy atom. The second kappa shape index (κ2) is 5.96. The van der Waals surface area contributed by atoms with Crippen molar-refractivity contribution in [3.8, 4) is 23.0 Å². The Morgan fingerprint density at radius 3 is 2.46 bits per heavy atom. The Hall–Kier alpha value is -2.89. The highest BCUT2D eigenvalue weighted by atomic mass is 16.6. The van der Waals surface area contributed by atoms with Gasteiger partial charge in [0.05, 0.1) is 0 Å². The number of benzene rings is 2. The van der Waals surface area contributed by atoms with Gasteiger partial charge in [-0.2, -0.15) is 0 Å². The van der Waals surface area contributed by atoms with E-state index in [0.717, 1.165) is 0 Å². The summed E-state index contributed by atoms with van der Waals surface area (Å²) in [6, 6.07) is 12.6. The highest BCUT2D eigenvalue weighted by Crippen LogP contribution is 2.35. The molecule has 2 aliphatic heterocycles. The largest absolute Gasteiger partial charge is 0.486 e. The van der Waals surface area contributed by atoms with Crippen LogP contribution in [0.15, 0.2) is 42.5 Å². The fourth-order valence-corrected chi connectivity index (χ4v) is 2.74. The Bertz CT molecular complexity index is 776. The molecule has 2 aliphatic rings. The number of anilines is 1. The van der Waals surface area contributed by atoms with Crippen molar-refractivity contribution in [2.24, 2.45) is 0 Å². The number of fused-ring (bicyclic) bond motifs is 2. The van der Waals surface area contributed by atoms with Crippen molar-refractivity contribution >= 4 is 11.6 Å². The number of ether oxygens (including phenoxy) is 4. The third-order valence-electron chi connectivity index (χ3n) is 3.91. The molecule has 1 amide bonds. The fraction of sp³-hybridized carbons (Fsp3) is 0.278. The summed E-state index contributed by atoms with van der Waals surface area (Å²) in [4.78, 5) is 12.6. The lowest BCUT2D eigenvalue weighted by atomic mass is 10.1. The van der Waals surface area contributed by atoms with Crippen LogP contribution in [-0.2, 0) is 4.79 Å². The van der Waals surface area contributed by atoms with E-state index in [1.54, 1.807) is 24.3 Å². The van der Waals surface area contributed by atoms with E-state index in [1.807, 2.05) is 25.1 Å². The van der Waals surface area contributed by atoms with E-state index in [4.69, 9.17) is 18.9 Å². The molecule has 2 aromatic carbocycles. The van der Waals surface area contributed by atoms with Gasteiger partial charge in [-0.15, -0.1) is 0 Å². The van der Waals surface area contributed by atoms with Crippen LogP contribution in [0.5, 0.6) is 23.0 Å². The predicted octanol–water partition coefficient (Wildman–Crippen LogP) is 2.62. The topological polar surface area (TPSA) is 66.0 Å². The van der Waals surface area contributed by atoms with Gasteiger partial charge >= 0.3 is 0 Å². The lowest BCUT2D eigenvalue weighted by molar-refractivity contribution is -0.128. The molecule has 6 heteroatoms. The van der Waals surface area contributed by atoms with Crippen LogP contribution in [0, 0.1) is 0 Å². The van der Waals surface area contributed by atoms with Crippen LogP contribution in [0.2, 0.25) is 0 Å². The van der Waals surface area contributed by atoms with E-state index in [1.165, 1.54) is 0 Å². The smallest absolute Gasteiger partial charge is 0.269 e. The van der Waals surface area contributed by atoms with Gasteiger partial charge in [0.25, 0.3) is 5.91 Å². The van der Waals surface area contributed by atoms with Crippen LogP contribution in [0.1, 0.15) is 6.92 Å². The zero-order valence-electron chi connectivity index (χ0n) is 13.2. The SMILES string of the molecule is CC1Oc2ccccc2OC1C(=O)Nc1ccc2c(c1)OCCO2. The first-order chi connectivity index (χ1) is 11.7. The Balaban J connectivity index is 1.50. The average molecular weight is 327 g/mol. The summed E-state index contributed by atoms with van der Waals surface area (Å²) in [5.41, 5.74) is 0.624. The van der Waals surface area contributed by atoms with Crippen molar-refractivity contribution in [3.63, 3.8) is 0 Å². The van der Waals surface area contributed by atoms with Crippen molar-refractivity contribution in [3.05, 3.63) is 42.5 Å².